The molecule has 0 aliphatic carbocycles. The van der Waals surface area contributed by atoms with Gasteiger partial charge in [0.25, 0.3) is 0 Å². The van der Waals surface area contributed by atoms with Crippen molar-refractivity contribution in [1.29, 1.82) is 5.26 Å². The molecule has 0 aliphatic heterocycles. The smallest absolute Gasteiger partial charge is 0.0618 e. The van der Waals surface area contributed by atoms with Gasteiger partial charge in [-0.05, 0) is 12.0 Å². The molecule has 0 saturated heterocycles. The first-order valence-corrected chi connectivity index (χ1v) is 4.26. The van der Waals surface area contributed by atoms with E-state index in [0.29, 0.717) is 6.42 Å². The number of rotatable bonds is 1. The van der Waals surface area contributed by atoms with Crippen molar-refractivity contribution in [3.8, 4) is 6.07 Å². The van der Waals surface area contributed by atoms with Crippen molar-refractivity contribution in [2.75, 3.05) is 0 Å². The Morgan fingerprint density at radius 2 is 1.67 bits per heavy atom. The maximum atomic E-state index is 7.62. The van der Waals surface area contributed by atoms with E-state index in [1.807, 2.05) is 19.1 Å². The van der Waals surface area contributed by atoms with Crippen LogP contribution >= 0.6 is 0 Å². The van der Waals surface area contributed by atoms with E-state index in [2.05, 4.69) is 31.2 Å². The Hall–Kier alpha value is -1.29. The Balaban J connectivity index is 0.000000261. The molecular weight excluding hydrogens is 146 g/mol. The highest BCUT2D eigenvalue weighted by molar-refractivity contribution is 5.13. The molecule has 0 radical (unpaired) electrons. The van der Waals surface area contributed by atoms with Gasteiger partial charge in [-0.1, -0.05) is 44.2 Å². The summed E-state index contributed by atoms with van der Waals surface area (Å²) in [6.07, 6.45) is 1.76. The molecule has 1 aromatic rings. The van der Waals surface area contributed by atoms with Crippen molar-refractivity contribution in [1.82, 2.24) is 0 Å². The molecule has 0 aromatic heterocycles. The molecule has 0 unspecified atom stereocenters. The van der Waals surface area contributed by atoms with E-state index in [1.165, 1.54) is 5.56 Å². The van der Waals surface area contributed by atoms with E-state index >= 15 is 0 Å². The number of benzene rings is 1. The fourth-order valence-corrected chi connectivity index (χ4v) is 0.714. The van der Waals surface area contributed by atoms with Crippen LogP contribution in [-0.4, -0.2) is 0 Å². The van der Waals surface area contributed by atoms with Gasteiger partial charge in [0.05, 0.1) is 6.07 Å². The average Bonchev–Trinajstić information content (AvgIpc) is 2.19. The molecule has 0 atom stereocenters. The van der Waals surface area contributed by atoms with Gasteiger partial charge in [0.2, 0.25) is 0 Å². The Bertz CT molecular complexity index is 221. The van der Waals surface area contributed by atoms with Gasteiger partial charge in [-0.3, -0.25) is 0 Å². The predicted octanol–water partition coefficient (Wildman–Crippen LogP) is 3.17. The van der Waals surface area contributed by atoms with E-state index in [9.17, 15) is 0 Å². The Morgan fingerprint density at radius 3 is 1.92 bits per heavy atom. The summed E-state index contributed by atoms with van der Waals surface area (Å²) < 4.78 is 0. The van der Waals surface area contributed by atoms with Gasteiger partial charge in [-0.25, -0.2) is 0 Å². The maximum absolute atomic E-state index is 7.62. The summed E-state index contributed by atoms with van der Waals surface area (Å²) in [6, 6.07) is 12.4. The van der Waals surface area contributed by atoms with E-state index in [0.717, 1.165) is 6.42 Å². The zero-order chi connectivity index (χ0) is 9.23. The molecule has 0 aliphatic rings. The maximum Gasteiger partial charge on any atom is 0.0618 e. The lowest BCUT2D eigenvalue weighted by atomic mass is 10.2. The lowest BCUT2D eigenvalue weighted by Gasteiger charge is -1.89. The quantitative estimate of drug-likeness (QED) is 0.620. The molecule has 0 N–H and O–H groups in total. The Kier molecular flexibility index (Phi) is 6.97. The highest BCUT2D eigenvalue weighted by atomic mass is 14.2. The van der Waals surface area contributed by atoms with Gasteiger partial charge in [-0.2, -0.15) is 5.26 Å². The molecule has 0 spiro atoms. The van der Waals surface area contributed by atoms with Gasteiger partial charge in [0.15, 0.2) is 0 Å². The summed E-state index contributed by atoms with van der Waals surface area (Å²) in [5.41, 5.74) is 1.41. The van der Waals surface area contributed by atoms with Crippen LogP contribution in [0.3, 0.4) is 0 Å². The third-order valence-corrected chi connectivity index (χ3v) is 1.41. The number of hydrogen-bond acceptors (Lipinski definition) is 1. The number of nitriles is 1. The lowest BCUT2D eigenvalue weighted by Crippen LogP contribution is -1.73. The van der Waals surface area contributed by atoms with Crippen LogP contribution in [0.5, 0.6) is 0 Å². The lowest BCUT2D eigenvalue weighted by molar-refractivity contribution is 1.14. The second-order valence-corrected chi connectivity index (χ2v) is 2.35. The van der Waals surface area contributed by atoms with Crippen LogP contribution in [0.15, 0.2) is 30.3 Å². The predicted molar refractivity (Wildman–Crippen MR) is 51.7 cm³/mol. The highest BCUT2D eigenvalue weighted by Crippen LogP contribution is 1.96. The topological polar surface area (TPSA) is 23.8 Å². The van der Waals surface area contributed by atoms with E-state index < -0.39 is 0 Å². The molecule has 0 saturated carbocycles. The summed E-state index contributed by atoms with van der Waals surface area (Å²) in [5.74, 6) is 0. The van der Waals surface area contributed by atoms with Crippen molar-refractivity contribution < 1.29 is 0 Å². The molecule has 0 bridgehead atoms. The van der Waals surface area contributed by atoms with E-state index in [4.69, 9.17) is 5.26 Å². The minimum Gasteiger partial charge on any atom is -0.198 e. The Morgan fingerprint density at radius 1 is 1.17 bits per heavy atom. The number of hydrogen-bond donors (Lipinski definition) is 0. The number of aryl methyl sites for hydroxylation is 1. The van der Waals surface area contributed by atoms with E-state index in [-0.39, 0.29) is 0 Å². The van der Waals surface area contributed by atoms with Gasteiger partial charge in [0.1, 0.15) is 0 Å². The van der Waals surface area contributed by atoms with Crippen molar-refractivity contribution in [3.05, 3.63) is 35.9 Å². The normalized spacial score (nSPS) is 7.75. The SMILES string of the molecule is CCC#N.CCc1ccccc1. The number of nitrogens with zero attached hydrogens (tertiary/aromatic N) is 1. The first-order valence-electron chi connectivity index (χ1n) is 4.26. The van der Waals surface area contributed by atoms with Crippen molar-refractivity contribution >= 4 is 0 Å². The van der Waals surface area contributed by atoms with Gasteiger partial charge in [-0.15, -0.1) is 0 Å². The monoisotopic (exact) mass is 161 g/mol. The van der Waals surface area contributed by atoms with Crippen LogP contribution in [-0.2, 0) is 6.42 Å². The first kappa shape index (κ1) is 10.7. The fourth-order valence-electron chi connectivity index (χ4n) is 0.714. The van der Waals surface area contributed by atoms with Crippen LogP contribution in [0.2, 0.25) is 0 Å². The van der Waals surface area contributed by atoms with Crippen molar-refractivity contribution in [2.24, 2.45) is 0 Å². The molecule has 1 heteroatoms. The van der Waals surface area contributed by atoms with Crippen LogP contribution in [0, 0.1) is 11.3 Å². The van der Waals surface area contributed by atoms with Crippen LogP contribution in [0.1, 0.15) is 25.8 Å². The third-order valence-electron chi connectivity index (χ3n) is 1.41. The summed E-state index contributed by atoms with van der Waals surface area (Å²) >= 11 is 0. The standard InChI is InChI=1S/C8H10.C3H5N/c1-2-8-6-4-3-5-7-8;1-2-3-4/h3-7H,2H2,1H3;2H2,1H3. The largest absolute Gasteiger partial charge is 0.198 e. The minimum absolute atomic E-state index is 0.625. The Labute approximate surface area is 74.7 Å². The molecule has 0 amide bonds. The second kappa shape index (κ2) is 7.81. The molecule has 64 valence electrons. The second-order valence-electron chi connectivity index (χ2n) is 2.35. The van der Waals surface area contributed by atoms with Gasteiger partial charge < -0.3 is 0 Å². The molecular formula is C11H15N. The summed E-state index contributed by atoms with van der Waals surface area (Å²) in [5, 5.41) is 7.62. The van der Waals surface area contributed by atoms with Gasteiger partial charge >= 0.3 is 0 Å². The van der Waals surface area contributed by atoms with Gasteiger partial charge in [0, 0.05) is 6.42 Å². The minimum atomic E-state index is 0.625. The summed E-state index contributed by atoms with van der Waals surface area (Å²) in [6.45, 7) is 3.98. The van der Waals surface area contributed by atoms with Crippen molar-refractivity contribution in [3.63, 3.8) is 0 Å². The van der Waals surface area contributed by atoms with E-state index in [1.54, 1.807) is 0 Å². The first-order chi connectivity index (χ1) is 5.85. The molecule has 12 heavy (non-hydrogen) atoms. The van der Waals surface area contributed by atoms with Crippen LogP contribution < -0.4 is 0 Å². The summed E-state index contributed by atoms with van der Waals surface area (Å²) in [7, 11) is 0. The highest BCUT2D eigenvalue weighted by Gasteiger charge is 1.79. The third kappa shape index (κ3) is 5.49. The molecule has 0 heterocycles. The average molecular weight is 161 g/mol. The van der Waals surface area contributed by atoms with Crippen molar-refractivity contribution in [2.45, 2.75) is 26.7 Å². The molecule has 1 rings (SSSR count). The fraction of sp³-hybridized carbons (Fsp3) is 0.364. The molecule has 1 nitrogen and oxygen atoms in total. The zero-order valence-corrected chi connectivity index (χ0v) is 7.75. The van der Waals surface area contributed by atoms with Crippen LogP contribution in [0.4, 0.5) is 0 Å². The van der Waals surface area contributed by atoms with Crippen LogP contribution in [0.25, 0.3) is 0 Å². The zero-order valence-electron chi connectivity index (χ0n) is 7.75. The summed E-state index contributed by atoms with van der Waals surface area (Å²) in [4.78, 5) is 0. The molecule has 0 fully saturated rings. The molecule has 1 aromatic carbocycles.